The Labute approximate surface area is 108 Å². The van der Waals surface area contributed by atoms with Gasteiger partial charge >= 0.3 is 5.97 Å². The summed E-state index contributed by atoms with van der Waals surface area (Å²) in [6.07, 6.45) is 6.22. The first kappa shape index (κ1) is 13.4. The van der Waals surface area contributed by atoms with Crippen molar-refractivity contribution in [1.29, 1.82) is 0 Å². The maximum absolute atomic E-state index is 11.9. The van der Waals surface area contributed by atoms with E-state index < -0.39 is 11.5 Å². The predicted octanol–water partition coefficient (Wildman–Crippen LogP) is 2.28. The second-order valence-corrected chi connectivity index (χ2v) is 6.07. The molecule has 2 unspecified atom stereocenters. The molecule has 2 saturated carbocycles. The predicted molar refractivity (Wildman–Crippen MR) is 68.1 cm³/mol. The van der Waals surface area contributed by atoms with Crippen molar-refractivity contribution in [2.45, 2.75) is 64.0 Å². The topological polar surface area (TPSA) is 57.6 Å². The number of rotatable bonds is 5. The zero-order valence-electron chi connectivity index (χ0n) is 11.3. The van der Waals surface area contributed by atoms with Crippen LogP contribution in [0.4, 0.5) is 0 Å². The smallest absolute Gasteiger partial charge is 0.329 e. The second kappa shape index (κ2) is 4.90. The summed E-state index contributed by atoms with van der Waals surface area (Å²) in [6.45, 7) is 4.15. The van der Waals surface area contributed by atoms with Gasteiger partial charge in [0, 0.05) is 6.04 Å². The van der Waals surface area contributed by atoms with Crippen molar-refractivity contribution in [3.63, 3.8) is 0 Å². The fourth-order valence-corrected chi connectivity index (χ4v) is 3.62. The van der Waals surface area contributed by atoms with Crippen LogP contribution in [0.5, 0.6) is 0 Å². The zero-order chi connectivity index (χ0) is 13.3. The Bertz CT molecular complexity index is 338. The molecule has 0 saturated heterocycles. The number of carboxylic acids is 1. The van der Waals surface area contributed by atoms with Gasteiger partial charge in [0.05, 0.1) is 0 Å². The molecule has 2 rings (SSSR count). The molecule has 102 valence electrons. The van der Waals surface area contributed by atoms with E-state index in [9.17, 15) is 14.7 Å². The van der Waals surface area contributed by atoms with E-state index in [1.54, 1.807) is 4.90 Å². The Morgan fingerprint density at radius 1 is 1.33 bits per heavy atom. The molecule has 0 bridgehead atoms. The summed E-state index contributed by atoms with van der Waals surface area (Å²) in [5.41, 5.74) is -0.949. The molecule has 2 aliphatic carbocycles. The zero-order valence-corrected chi connectivity index (χ0v) is 11.3. The minimum absolute atomic E-state index is 0.0783. The van der Waals surface area contributed by atoms with Gasteiger partial charge in [0.25, 0.3) is 0 Å². The van der Waals surface area contributed by atoms with E-state index >= 15 is 0 Å². The summed E-state index contributed by atoms with van der Waals surface area (Å²) in [4.78, 5) is 25.0. The molecule has 4 heteroatoms. The second-order valence-electron chi connectivity index (χ2n) is 6.07. The highest BCUT2D eigenvalue weighted by Gasteiger charge is 2.55. The minimum Gasteiger partial charge on any atom is -0.479 e. The van der Waals surface area contributed by atoms with Crippen LogP contribution >= 0.6 is 0 Å². The minimum atomic E-state index is -0.949. The molecule has 0 radical (unpaired) electrons. The number of nitrogens with zero attached hydrogens (tertiary/aromatic N) is 1. The summed E-state index contributed by atoms with van der Waals surface area (Å²) in [5.74, 6) is -0.433. The molecule has 0 aromatic rings. The third kappa shape index (κ3) is 2.02. The van der Waals surface area contributed by atoms with Crippen LogP contribution in [0.2, 0.25) is 0 Å². The first-order valence-electron chi connectivity index (χ1n) is 7.01. The summed E-state index contributed by atoms with van der Waals surface area (Å²) < 4.78 is 0. The maximum Gasteiger partial charge on any atom is 0.329 e. The lowest BCUT2D eigenvalue weighted by molar-refractivity contribution is -0.165. The van der Waals surface area contributed by atoms with Crippen LogP contribution in [0, 0.1) is 11.8 Å². The summed E-state index contributed by atoms with van der Waals surface area (Å²) >= 11 is 0. The van der Waals surface area contributed by atoms with Gasteiger partial charge in [-0.1, -0.05) is 26.7 Å². The number of hydrogen-bond acceptors (Lipinski definition) is 2. The van der Waals surface area contributed by atoms with Crippen LogP contribution in [0.15, 0.2) is 0 Å². The summed E-state index contributed by atoms with van der Waals surface area (Å²) in [5, 5.41) is 9.79. The molecular formula is C14H23NO3. The lowest BCUT2D eigenvalue weighted by atomic mass is 9.67. The Morgan fingerprint density at radius 3 is 2.44 bits per heavy atom. The van der Waals surface area contributed by atoms with Crippen LogP contribution in [0.25, 0.3) is 0 Å². The SMILES string of the molecule is CC(C)C1CCCCC1(C(=O)O)N(C=O)C1CC1. The molecule has 0 spiro atoms. The van der Waals surface area contributed by atoms with Crippen molar-refractivity contribution in [1.82, 2.24) is 4.90 Å². The molecule has 0 aromatic carbocycles. The van der Waals surface area contributed by atoms with Gasteiger partial charge in [-0.15, -0.1) is 0 Å². The number of aliphatic carboxylic acids is 1. The normalized spacial score (nSPS) is 32.3. The lowest BCUT2D eigenvalue weighted by Crippen LogP contribution is -2.62. The molecular weight excluding hydrogens is 230 g/mol. The van der Waals surface area contributed by atoms with Crippen LogP contribution < -0.4 is 0 Å². The Morgan fingerprint density at radius 2 is 2.00 bits per heavy atom. The van der Waals surface area contributed by atoms with E-state index in [1.165, 1.54) is 0 Å². The third-order valence-electron chi connectivity index (χ3n) is 4.63. The molecule has 2 atom stereocenters. The molecule has 18 heavy (non-hydrogen) atoms. The average molecular weight is 253 g/mol. The van der Waals surface area contributed by atoms with Crippen molar-refractivity contribution >= 4 is 12.4 Å². The van der Waals surface area contributed by atoms with E-state index in [0.717, 1.165) is 38.5 Å². The third-order valence-corrected chi connectivity index (χ3v) is 4.63. The van der Waals surface area contributed by atoms with Gasteiger partial charge in [0.2, 0.25) is 6.41 Å². The lowest BCUT2D eigenvalue weighted by Gasteiger charge is -2.48. The number of carbonyl (C=O) groups is 2. The quantitative estimate of drug-likeness (QED) is 0.765. The van der Waals surface area contributed by atoms with Crippen LogP contribution in [0.3, 0.4) is 0 Å². The van der Waals surface area contributed by atoms with Crippen LogP contribution in [0.1, 0.15) is 52.4 Å². The van der Waals surface area contributed by atoms with E-state index in [0.29, 0.717) is 12.3 Å². The standard InChI is InChI=1S/C14H23NO3/c1-10(2)12-5-3-4-8-14(12,13(17)18)15(9-16)11-6-7-11/h9-12H,3-8H2,1-2H3,(H,17,18). The van der Waals surface area contributed by atoms with Gasteiger partial charge < -0.3 is 10.0 Å². The fourth-order valence-electron chi connectivity index (χ4n) is 3.62. The Balaban J connectivity index is 2.38. The monoisotopic (exact) mass is 253 g/mol. The van der Waals surface area contributed by atoms with Crippen LogP contribution in [-0.4, -0.2) is 34.0 Å². The molecule has 2 fully saturated rings. The fraction of sp³-hybridized carbons (Fsp3) is 0.857. The number of hydrogen-bond donors (Lipinski definition) is 1. The van der Waals surface area contributed by atoms with Gasteiger partial charge in [0.1, 0.15) is 5.54 Å². The van der Waals surface area contributed by atoms with Crippen LogP contribution in [-0.2, 0) is 9.59 Å². The van der Waals surface area contributed by atoms with Crippen molar-refractivity contribution < 1.29 is 14.7 Å². The van der Waals surface area contributed by atoms with E-state index in [1.807, 2.05) is 0 Å². The van der Waals surface area contributed by atoms with Gasteiger partial charge in [0.15, 0.2) is 0 Å². The number of carboxylic acid groups (broad SMARTS) is 1. The highest BCUT2D eigenvalue weighted by molar-refractivity contribution is 5.82. The number of amides is 1. The molecule has 0 heterocycles. The maximum atomic E-state index is 11.9. The Kier molecular flexibility index (Phi) is 3.64. The van der Waals surface area contributed by atoms with Crippen molar-refractivity contribution in [2.75, 3.05) is 0 Å². The van der Waals surface area contributed by atoms with Gasteiger partial charge in [-0.25, -0.2) is 4.79 Å². The average Bonchev–Trinajstić information content (AvgIpc) is 3.14. The van der Waals surface area contributed by atoms with Gasteiger partial charge in [-0.05, 0) is 37.5 Å². The molecule has 4 nitrogen and oxygen atoms in total. The summed E-state index contributed by atoms with van der Waals surface area (Å²) in [6, 6.07) is 0.165. The van der Waals surface area contributed by atoms with Crippen molar-refractivity contribution in [3.8, 4) is 0 Å². The highest BCUT2D eigenvalue weighted by atomic mass is 16.4. The first-order chi connectivity index (χ1) is 8.54. The highest BCUT2D eigenvalue weighted by Crippen LogP contribution is 2.46. The molecule has 1 amide bonds. The van der Waals surface area contributed by atoms with E-state index in [2.05, 4.69) is 13.8 Å². The van der Waals surface area contributed by atoms with Gasteiger partial charge in [-0.3, -0.25) is 4.79 Å². The molecule has 0 aromatic heterocycles. The van der Waals surface area contributed by atoms with E-state index in [4.69, 9.17) is 0 Å². The van der Waals surface area contributed by atoms with Crippen molar-refractivity contribution in [3.05, 3.63) is 0 Å². The first-order valence-corrected chi connectivity index (χ1v) is 7.01. The Hall–Kier alpha value is -1.06. The van der Waals surface area contributed by atoms with Crippen molar-refractivity contribution in [2.24, 2.45) is 11.8 Å². The van der Waals surface area contributed by atoms with Gasteiger partial charge in [-0.2, -0.15) is 0 Å². The molecule has 1 N–H and O–H groups in total. The molecule has 0 aliphatic heterocycles. The summed E-state index contributed by atoms with van der Waals surface area (Å²) in [7, 11) is 0. The van der Waals surface area contributed by atoms with E-state index in [-0.39, 0.29) is 12.0 Å². The molecule has 2 aliphatic rings. The number of carbonyl (C=O) groups excluding carboxylic acids is 1. The largest absolute Gasteiger partial charge is 0.479 e.